The van der Waals surface area contributed by atoms with Crippen LogP contribution >= 0.6 is 37.0 Å². The van der Waals surface area contributed by atoms with Crippen LogP contribution in [0, 0.1) is 0 Å². The Morgan fingerprint density at radius 1 is 0.632 bits per heavy atom. The highest BCUT2D eigenvalue weighted by Gasteiger charge is 2.10. The van der Waals surface area contributed by atoms with E-state index >= 15 is 0 Å². The molecule has 0 spiro atoms. The zero-order chi connectivity index (χ0) is 13.5. The first-order chi connectivity index (χ1) is 9.27. The predicted octanol–water partition coefficient (Wildman–Crippen LogP) is 5.30. The van der Waals surface area contributed by atoms with Crippen molar-refractivity contribution in [3.05, 3.63) is 60.7 Å². The van der Waals surface area contributed by atoms with Crippen LogP contribution in [-0.2, 0) is 0 Å². The summed E-state index contributed by atoms with van der Waals surface area (Å²) < 4.78 is 0. The molecule has 0 N–H and O–H groups in total. The second-order valence-electron chi connectivity index (χ2n) is 4.20. The van der Waals surface area contributed by atoms with Crippen LogP contribution in [0.2, 0.25) is 0 Å². The SMILES string of the molecule is ClP(CCCP(Cl)c1ccccc1)c1ccccc1. The highest BCUT2D eigenvalue weighted by Crippen LogP contribution is 2.45. The number of rotatable bonds is 6. The average Bonchev–Trinajstić information content (AvgIpc) is 2.49. The molecule has 0 radical (unpaired) electrons. The largest absolute Gasteiger partial charge is 0.0912 e. The standard InChI is InChI=1S/C15H16Cl2P2/c16-18(14-8-3-1-4-9-14)12-7-13-19(17)15-10-5-2-6-11-15/h1-6,8-11H,7,12-13H2. The zero-order valence-electron chi connectivity index (χ0n) is 10.5. The minimum Gasteiger partial charge on any atom is -0.0912 e. The van der Waals surface area contributed by atoms with E-state index in [0.29, 0.717) is 0 Å². The normalized spacial score (nSPS) is 14.0. The van der Waals surface area contributed by atoms with Gasteiger partial charge in [0, 0.05) is 14.5 Å². The van der Waals surface area contributed by atoms with Gasteiger partial charge in [-0.15, -0.1) is 0 Å². The van der Waals surface area contributed by atoms with Crippen molar-refractivity contribution in [3.63, 3.8) is 0 Å². The molecular weight excluding hydrogens is 313 g/mol. The molecule has 0 aliphatic rings. The van der Waals surface area contributed by atoms with Crippen LogP contribution in [0.3, 0.4) is 0 Å². The Labute approximate surface area is 127 Å². The van der Waals surface area contributed by atoms with E-state index in [1.807, 2.05) is 36.4 Å². The van der Waals surface area contributed by atoms with E-state index in [-0.39, 0.29) is 0 Å². The lowest BCUT2D eigenvalue weighted by Gasteiger charge is -2.12. The van der Waals surface area contributed by atoms with E-state index in [0.717, 1.165) is 18.7 Å². The third-order valence-corrected chi connectivity index (χ3v) is 8.10. The first-order valence-electron chi connectivity index (χ1n) is 6.24. The van der Waals surface area contributed by atoms with E-state index in [2.05, 4.69) is 24.3 Å². The molecule has 19 heavy (non-hydrogen) atoms. The molecule has 4 heteroatoms. The Kier molecular flexibility index (Phi) is 6.62. The smallest absolute Gasteiger partial charge is 0.0212 e. The molecule has 2 aromatic carbocycles. The van der Waals surface area contributed by atoms with Crippen molar-refractivity contribution >= 4 is 47.6 Å². The van der Waals surface area contributed by atoms with E-state index in [9.17, 15) is 0 Å². The van der Waals surface area contributed by atoms with Gasteiger partial charge in [-0.3, -0.25) is 0 Å². The molecule has 0 aromatic heterocycles. The summed E-state index contributed by atoms with van der Waals surface area (Å²) in [5.41, 5.74) is 0. The second kappa shape index (κ2) is 8.23. The van der Waals surface area contributed by atoms with Gasteiger partial charge in [-0.1, -0.05) is 83.1 Å². The maximum atomic E-state index is 6.46. The Morgan fingerprint density at radius 2 is 1.00 bits per heavy atom. The van der Waals surface area contributed by atoms with Crippen LogP contribution in [0.4, 0.5) is 0 Å². The molecule has 2 rings (SSSR count). The molecule has 2 atom stereocenters. The second-order valence-corrected chi connectivity index (χ2v) is 10.0. The van der Waals surface area contributed by atoms with Gasteiger partial charge in [0.2, 0.25) is 0 Å². The predicted molar refractivity (Wildman–Crippen MR) is 92.0 cm³/mol. The van der Waals surface area contributed by atoms with E-state index in [4.69, 9.17) is 22.5 Å². The van der Waals surface area contributed by atoms with Crippen LogP contribution in [0.25, 0.3) is 0 Å². The van der Waals surface area contributed by atoms with Crippen molar-refractivity contribution in [2.45, 2.75) is 6.42 Å². The Morgan fingerprint density at radius 3 is 1.37 bits per heavy atom. The Bertz CT molecular complexity index is 431. The summed E-state index contributed by atoms with van der Waals surface area (Å²) in [6.07, 6.45) is 3.17. The number of hydrogen-bond acceptors (Lipinski definition) is 0. The highest BCUT2D eigenvalue weighted by molar-refractivity contribution is 7.90. The third kappa shape index (κ3) is 5.05. The van der Waals surface area contributed by atoms with E-state index < -0.39 is 14.5 Å². The monoisotopic (exact) mass is 328 g/mol. The molecule has 0 saturated carbocycles. The number of benzene rings is 2. The van der Waals surface area contributed by atoms with Gasteiger partial charge in [-0.05, 0) is 29.4 Å². The lowest BCUT2D eigenvalue weighted by Crippen LogP contribution is -2.02. The lowest BCUT2D eigenvalue weighted by molar-refractivity contribution is 1.12. The van der Waals surface area contributed by atoms with Crippen molar-refractivity contribution < 1.29 is 0 Å². The first kappa shape index (κ1) is 15.3. The summed E-state index contributed by atoms with van der Waals surface area (Å²) >= 11 is 12.9. The van der Waals surface area contributed by atoms with Gasteiger partial charge < -0.3 is 0 Å². The summed E-state index contributed by atoms with van der Waals surface area (Å²) in [6.45, 7) is 0. The Hall–Kier alpha value is -0.120. The number of halogens is 2. The third-order valence-electron chi connectivity index (χ3n) is 2.78. The molecular formula is C15H16Cl2P2. The van der Waals surface area contributed by atoms with Crippen molar-refractivity contribution in [2.24, 2.45) is 0 Å². The molecule has 0 aliphatic carbocycles. The van der Waals surface area contributed by atoms with Gasteiger partial charge in [-0.25, -0.2) is 0 Å². The first-order valence-corrected chi connectivity index (χ1v) is 11.1. The fraction of sp³-hybridized carbons (Fsp3) is 0.200. The van der Waals surface area contributed by atoms with Gasteiger partial charge in [0.25, 0.3) is 0 Å². The average molecular weight is 329 g/mol. The summed E-state index contributed by atoms with van der Waals surface area (Å²) in [5, 5.41) is 2.52. The molecule has 0 nitrogen and oxygen atoms in total. The van der Waals surface area contributed by atoms with Gasteiger partial charge in [0.05, 0.1) is 0 Å². The maximum absolute atomic E-state index is 6.46. The van der Waals surface area contributed by atoms with E-state index in [1.54, 1.807) is 0 Å². The van der Waals surface area contributed by atoms with Gasteiger partial charge >= 0.3 is 0 Å². The quantitative estimate of drug-likeness (QED) is 0.631. The minimum absolute atomic E-state index is 0.551. The van der Waals surface area contributed by atoms with Crippen LogP contribution in [0.15, 0.2) is 60.7 Å². The van der Waals surface area contributed by atoms with Gasteiger partial charge in [-0.2, -0.15) is 0 Å². The van der Waals surface area contributed by atoms with Crippen molar-refractivity contribution in [1.82, 2.24) is 0 Å². The van der Waals surface area contributed by atoms with Crippen molar-refractivity contribution in [1.29, 1.82) is 0 Å². The molecule has 0 heterocycles. The summed E-state index contributed by atoms with van der Waals surface area (Å²) in [7, 11) is -1.10. The summed E-state index contributed by atoms with van der Waals surface area (Å²) in [4.78, 5) is 0. The summed E-state index contributed by atoms with van der Waals surface area (Å²) in [5.74, 6) is 0. The zero-order valence-corrected chi connectivity index (χ0v) is 13.8. The molecule has 0 bridgehead atoms. The maximum Gasteiger partial charge on any atom is 0.0212 e. The Balaban J connectivity index is 1.78. The topological polar surface area (TPSA) is 0 Å². The van der Waals surface area contributed by atoms with Crippen LogP contribution in [0.1, 0.15) is 6.42 Å². The van der Waals surface area contributed by atoms with Crippen molar-refractivity contribution in [2.75, 3.05) is 12.3 Å². The van der Waals surface area contributed by atoms with Gasteiger partial charge in [0.15, 0.2) is 0 Å². The minimum atomic E-state index is -0.551. The van der Waals surface area contributed by atoms with Crippen LogP contribution < -0.4 is 10.6 Å². The molecule has 0 fully saturated rings. The molecule has 2 unspecified atom stereocenters. The van der Waals surface area contributed by atoms with Crippen LogP contribution in [-0.4, -0.2) is 12.3 Å². The number of hydrogen-bond donors (Lipinski definition) is 0. The molecule has 0 aliphatic heterocycles. The summed E-state index contributed by atoms with van der Waals surface area (Å²) in [6, 6.07) is 20.7. The van der Waals surface area contributed by atoms with Crippen LogP contribution in [0.5, 0.6) is 0 Å². The molecule has 100 valence electrons. The molecule has 2 aromatic rings. The molecule has 0 amide bonds. The van der Waals surface area contributed by atoms with Gasteiger partial charge in [0.1, 0.15) is 0 Å². The fourth-order valence-corrected chi connectivity index (χ4v) is 5.81. The lowest BCUT2D eigenvalue weighted by atomic mass is 10.4. The fourth-order valence-electron chi connectivity index (χ4n) is 1.79. The van der Waals surface area contributed by atoms with Crippen molar-refractivity contribution in [3.8, 4) is 0 Å². The molecule has 0 saturated heterocycles. The highest BCUT2D eigenvalue weighted by atomic mass is 35.7. The van der Waals surface area contributed by atoms with E-state index in [1.165, 1.54) is 10.6 Å².